The molecule has 1 saturated carbocycles. The Labute approximate surface area is 116 Å². The summed E-state index contributed by atoms with van der Waals surface area (Å²) in [6.45, 7) is 0.704. The minimum absolute atomic E-state index is 0.145. The van der Waals surface area contributed by atoms with E-state index in [2.05, 4.69) is 22.0 Å². The van der Waals surface area contributed by atoms with Gasteiger partial charge in [0.25, 0.3) is 0 Å². The van der Waals surface area contributed by atoms with Gasteiger partial charge in [-0.25, -0.2) is 0 Å². The molecule has 1 fully saturated rings. The van der Waals surface area contributed by atoms with Crippen LogP contribution in [0.2, 0.25) is 0 Å². The number of aliphatic hydroxyl groups is 1. The summed E-state index contributed by atoms with van der Waals surface area (Å²) in [5.41, 5.74) is 6.95. The van der Waals surface area contributed by atoms with Crippen LogP contribution in [0.3, 0.4) is 0 Å². The number of ether oxygens (including phenoxy) is 1. The van der Waals surface area contributed by atoms with Gasteiger partial charge in [-0.05, 0) is 58.8 Å². The lowest BCUT2D eigenvalue weighted by Gasteiger charge is -2.31. The molecule has 0 bridgehead atoms. The molecule has 3 N–H and O–H groups in total. The maximum atomic E-state index is 9.70. The van der Waals surface area contributed by atoms with Gasteiger partial charge in [-0.15, -0.1) is 0 Å². The molecular formula is C14H20BrNO2. The molecule has 0 radical (unpaired) electrons. The van der Waals surface area contributed by atoms with E-state index >= 15 is 0 Å². The van der Waals surface area contributed by atoms with Gasteiger partial charge < -0.3 is 15.6 Å². The molecule has 0 aliphatic heterocycles. The van der Waals surface area contributed by atoms with E-state index in [1.54, 1.807) is 7.11 Å². The second-order valence-electron chi connectivity index (χ2n) is 5.14. The summed E-state index contributed by atoms with van der Waals surface area (Å²) < 4.78 is 6.17. The van der Waals surface area contributed by atoms with E-state index in [-0.39, 0.29) is 12.0 Å². The fraction of sp³-hybridized carbons (Fsp3) is 0.571. The molecule has 1 atom stereocenters. The Morgan fingerprint density at radius 3 is 2.67 bits per heavy atom. The molecule has 100 valence electrons. The van der Waals surface area contributed by atoms with E-state index in [1.807, 2.05) is 12.1 Å². The van der Waals surface area contributed by atoms with Crippen molar-refractivity contribution >= 4 is 15.9 Å². The van der Waals surface area contributed by atoms with Crippen molar-refractivity contribution in [2.75, 3.05) is 20.3 Å². The predicted octanol–water partition coefficient (Wildman–Crippen LogP) is 2.35. The third-order valence-electron chi connectivity index (χ3n) is 3.94. The lowest BCUT2D eigenvalue weighted by atomic mass is 9.78. The largest absolute Gasteiger partial charge is 0.496 e. The fourth-order valence-electron chi connectivity index (χ4n) is 2.55. The maximum Gasteiger partial charge on any atom is 0.133 e. The predicted molar refractivity (Wildman–Crippen MR) is 75.7 cm³/mol. The van der Waals surface area contributed by atoms with E-state index in [1.165, 1.54) is 18.4 Å². The zero-order valence-corrected chi connectivity index (χ0v) is 12.2. The van der Waals surface area contributed by atoms with E-state index in [0.29, 0.717) is 12.5 Å². The molecule has 0 amide bonds. The normalized spacial score (nSPS) is 18.4. The molecule has 0 heterocycles. The molecule has 18 heavy (non-hydrogen) atoms. The third kappa shape index (κ3) is 2.71. The summed E-state index contributed by atoms with van der Waals surface area (Å²) in [6, 6.07) is 6.05. The van der Waals surface area contributed by atoms with Crippen LogP contribution in [0.1, 0.15) is 18.4 Å². The van der Waals surface area contributed by atoms with Crippen LogP contribution in [0, 0.1) is 11.3 Å². The van der Waals surface area contributed by atoms with Gasteiger partial charge in [0.2, 0.25) is 0 Å². The highest BCUT2D eigenvalue weighted by Gasteiger charge is 2.43. The lowest BCUT2D eigenvalue weighted by molar-refractivity contribution is 0.109. The van der Waals surface area contributed by atoms with Gasteiger partial charge in [-0.3, -0.25) is 0 Å². The van der Waals surface area contributed by atoms with Crippen molar-refractivity contribution < 1.29 is 9.84 Å². The Morgan fingerprint density at radius 1 is 1.50 bits per heavy atom. The van der Waals surface area contributed by atoms with E-state index in [9.17, 15) is 5.11 Å². The average Bonchev–Trinajstić information content (AvgIpc) is 3.21. The Hall–Kier alpha value is -0.580. The second kappa shape index (κ2) is 5.59. The molecule has 0 spiro atoms. The van der Waals surface area contributed by atoms with Crippen molar-refractivity contribution in [3.63, 3.8) is 0 Å². The minimum atomic E-state index is -0.145. The molecule has 2 rings (SSSR count). The van der Waals surface area contributed by atoms with Gasteiger partial charge in [0, 0.05) is 12.0 Å². The number of rotatable bonds is 6. The van der Waals surface area contributed by atoms with Crippen molar-refractivity contribution in [2.24, 2.45) is 17.1 Å². The second-order valence-corrected chi connectivity index (χ2v) is 6.00. The first-order valence-electron chi connectivity index (χ1n) is 6.28. The zero-order chi connectivity index (χ0) is 13.2. The zero-order valence-electron chi connectivity index (χ0n) is 10.7. The van der Waals surface area contributed by atoms with Crippen LogP contribution in [0.5, 0.6) is 5.75 Å². The van der Waals surface area contributed by atoms with Crippen LogP contribution in [0.4, 0.5) is 0 Å². The smallest absolute Gasteiger partial charge is 0.133 e. The first-order valence-corrected chi connectivity index (χ1v) is 7.08. The molecule has 1 aromatic rings. The molecule has 1 aromatic carbocycles. The molecule has 4 heteroatoms. The van der Waals surface area contributed by atoms with Crippen LogP contribution < -0.4 is 10.5 Å². The van der Waals surface area contributed by atoms with Crippen LogP contribution in [-0.4, -0.2) is 25.4 Å². The number of nitrogens with two attached hydrogens (primary N) is 1. The van der Waals surface area contributed by atoms with Crippen molar-refractivity contribution in [1.82, 2.24) is 0 Å². The fourth-order valence-corrected chi connectivity index (χ4v) is 3.14. The van der Waals surface area contributed by atoms with Gasteiger partial charge in [-0.1, -0.05) is 6.07 Å². The Kier molecular flexibility index (Phi) is 4.30. The Balaban J connectivity index is 2.18. The summed E-state index contributed by atoms with van der Waals surface area (Å²) in [4.78, 5) is 0. The number of halogens is 1. The summed E-state index contributed by atoms with van der Waals surface area (Å²) >= 11 is 3.49. The first kappa shape index (κ1) is 13.8. The average molecular weight is 314 g/mol. The van der Waals surface area contributed by atoms with Crippen molar-refractivity contribution in [2.45, 2.75) is 19.3 Å². The maximum absolute atomic E-state index is 9.70. The Bertz CT molecular complexity index is 414. The van der Waals surface area contributed by atoms with Gasteiger partial charge in [0.15, 0.2) is 0 Å². The number of hydrogen-bond donors (Lipinski definition) is 2. The number of methoxy groups -OCH3 is 1. The van der Waals surface area contributed by atoms with Gasteiger partial charge in [-0.2, -0.15) is 0 Å². The summed E-state index contributed by atoms with van der Waals surface area (Å²) in [7, 11) is 1.65. The minimum Gasteiger partial charge on any atom is -0.496 e. The van der Waals surface area contributed by atoms with Gasteiger partial charge in [0.1, 0.15) is 5.75 Å². The third-order valence-corrected chi connectivity index (χ3v) is 4.56. The van der Waals surface area contributed by atoms with Gasteiger partial charge >= 0.3 is 0 Å². The topological polar surface area (TPSA) is 55.5 Å². The monoisotopic (exact) mass is 313 g/mol. The number of hydrogen-bond acceptors (Lipinski definition) is 3. The van der Waals surface area contributed by atoms with Crippen LogP contribution in [0.25, 0.3) is 0 Å². The Morgan fingerprint density at radius 2 is 2.22 bits per heavy atom. The SMILES string of the molecule is COc1ccc(CC(CN)(CO)C2CC2)cc1Br. The summed E-state index contributed by atoms with van der Waals surface area (Å²) in [5, 5.41) is 9.70. The molecule has 1 aliphatic carbocycles. The van der Waals surface area contributed by atoms with E-state index < -0.39 is 0 Å². The van der Waals surface area contributed by atoms with Crippen molar-refractivity contribution in [3.8, 4) is 5.75 Å². The molecule has 0 aromatic heterocycles. The van der Waals surface area contributed by atoms with Crippen LogP contribution in [-0.2, 0) is 6.42 Å². The summed E-state index contributed by atoms with van der Waals surface area (Å²) in [5.74, 6) is 1.40. The number of benzene rings is 1. The standard InChI is InChI=1S/C14H20BrNO2/c1-18-13-5-2-10(6-12(13)15)7-14(8-16,9-17)11-3-4-11/h2,5-6,11,17H,3-4,7-9,16H2,1H3. The van der Waals surface area contributed by atoms with Crippen LogP contribution in [0.15, 0.2) is 22.7 Å². The molecule has 0 saturated heterocycles. The molecule has 1 aliphatic rings. The van der Waals surface area contributed by atoms with E-state index in [0.717, 1.165) is 16.6 Å². The lowest BCUT2D eigenvalue weighted by Crippen LogP contribution is -2.38. The van der Waals surface area contributed by atoms with E-state index in [4.69, 9.17) is 10.5 Å². The molecule has 3 nitrogen and oxygen atoms in total. The van der Waals surface area contributed by atoms with Gasteiger partial charge in [0.05, 0.1) is 18.2 Å². The quantitative estimate of drug-likeness (QED) is 0.847. The highest BCUT2D eigenvalue weighted by molar-refractivity contribution is 9.10. The molecular weight excluding hydrogens is 294 g/mol. The highest BCUT2D eigenvalue weighted by Crippen LogP contribution is 2.47. The first-order chi connectivity index (χ1) is 8.65. The molecule has 1 unspecified atom stereocenters. The summed E-state index contributed by atoms with van der Waals surface area (Å²) in [6.07, 6.45) is 3.21. The van der Waals surface area contributed by atoms with Crippen LogP contribution >= 0.6 is 15.9 Å². The van der Waals surface area contributed by atoms with Crippen molar-refractivity contribution in [3.05, 3.63) is 28.2 Å². The number of aliphatic hydroxyl groups excluding tert-OH is 1. The highest BCUT2D eigenvalue weighted by atomic mass is 79.9. The van der Waals surface area contributed by atoms with Crippen molar-refractivity contribution in [1.29, 1.82) is 0 Å².